The predicted octanol–water partition coefficient (Wildman–Crippen LogP) is 2.02. The Kier molecular flexibility index (Phi) is 3.54. The van der Waals surface area contributed by atoms with Crippen molar-refractivity contribution in [2.45, 2.75) is 70.2 Å². The van der Waals surface area contributed by atoms with Crippen LogP contribution in [0.5, 0.6) is 0 Å². The zero-order chi connectivity index (χ0) is 12.7. The van der Waals surface area contributed by atoms with Gasteiger partial charge in [0.05, 0.1) is 11.2 Å². The second-order valence-electron chi connectivity index (χ2n) is 6.78. The van der Waals surface area contributed by atoms with E-state index in [9.17, 15) is 0 Å². The highest BCUT2D eigenvalue weighted by Crippen LogP contribution is 2.42. The topological polar surface area (TPSA) is 24.5 Å². The van der Waals surface area contributed by atoms with Crippen LogP contribution in [0.4, 0.5) is 0 Å². The maximum Gasteiger partial charge on any atom is 0.0789 e. The molecule has 1 N–H and O–H groups in total. The lowest BCUT2D eigenvalue weighted by molar-refractivity contribution is -0.0815. The molecular weight excluding hydrogens is 212 g/mol. The van der Waals surface area contributed by atoms with Gasteiger partial charge in [-0.2, -0.15) is 0 Å². The van der Waals surface area contributed by atoms with Gasteiger partial charge in [0.15, 0.2) is 0 Å². The van der Waals surface area contributed by atoms with Crippen LogP contribution in [0.3, 0.4) is 0 Å². The first kappa shape index (κ1) is 13.3. The summed E-state index contributed by atoms with van der Waals surface area (Å²) < 4.78 is 6.23. The fourth-order valence-corrected chi connectivity index (χ4v) is 3.77. The number of nitrogens with zero attached hydrogens (tertiary/aromatic N) is 1. The maximum absolute atomic E-state index is 6.23. The van der Waals surface area contributed by atoms with Gasteiger partial charge in [-0.1, -0.05) is 0 Å². The molecule has 2 unspecified atom stereocenters. The average Bonchev–Trinajstić information content (AvgIpc) is 2.68. The van der Waals surface area contributed by atoms with Crippen LogP contribution in [0.1, 0.15) is 47.0 Å². The Labute approximate surface area is 106 Å². The van der Waals surface area contributed by atoms with Crippen molar-refractivity contribution in [2.24, 2.45) is 0 Å². The Morgan fingerprint density at radius 3 is 2.53 bits per heavy atom. The van der Waals surface area contributed by atoms with Crippen LogP contribution in [-0.2, 0) is 4.74 Å². The fourth-order valence-electron chi connectivity index (χ4n) is 3.77. The number of likely N-dealkylation sites (tertiary alicyclic amines) is 1. The number of ether oxygens (including phenoxy) is 1. The summed E-state index contributed by atoms with van der Waals surface area (Å²) in [5.74, 6) is 0. The van der Waals surface area contributed by atoms with Crippen LogP contribution in [0.25, 0.3) is 0 Å². The second kappa shape index (κ2) is 4.52. The number of hydrogen-bond acceptors (Lipinski definition) is 3. The van der Waals surface area contributed by atoms with E-state index >= 15 is 0 Å². The molecule has 2 rings (SSSR count). The molecule has 0 radical (unpaired) electrons. The fraction of sp³-hybridized carbons (Fsp3) is 1.00. The van der Waals surface area contributed by atoms with Gasteiger partial charge in [-0.25, -0.2) is 0 Å². The third kappa shape index (κ3) is 2.67. The largest absolute Gasteiger partial charge is 0.368 e. The van der Waals surface area contributed by atoms with Crippen LogP contribution in [0.15, 0.2) is 0 Å². The summed E-state index contributed by atoms with van der Waals surface area (Å²) in [5, 5.41) is 3.33. The Hall–Kier alpha value is -0.120. The predicted molar refractivity (Wildman–Crippen MR) is 71.3 cm³/mol. The first-order valence-electron chi connectivity index (χ1n) is 6.96. The summed E-state index contributed by atoms with van der Waals surface area (Å²) in [4.78, 5) is 2.69. The minimum absolute atomic E-state index is 0.0141. The quantitative estimate of drug-likeness (QED) is 0.817. The summed E-state index contributed by atoms with van der Waals surface area (Å²) in [6.07, 6.45) is 3.81. The minimum Gasteiger partial charge on any atom is -0.368 e. The van der Waals surface area contributed by atoms with Crippen LogP contribution < -0.4 is 5.32 Å². The van der Waals surface area contributed by atoms with Crippen molar-refractivity contribution < 1.29 is 4.74 Å². The van der Waals surface area contributed by atoms with Gasteiger partial charge in [-0.15, -0.1) is 0 Å². The molecule has 2 atom stereocenters. The Bertz CT molecular complexity index is 275. The molecule has 100 valence electrons. The molecule has 0 aromatic rings. The standard InChI is InChI=1S/C14H28N2O/c1-13(2)9-12(14(3,4)17-13)16-8-6-7-11(16)10-15-5/h11-12,15H,6-10H2,1-5H3. The van der Waals surface area contributed by atoms with Gasteiger partial charge in [-0.05, 0) is 60.5 Å². The molecule has 0 bridgehead atoms. The first-order valence-corrected chi connectivity index (χ1v) is 6.96. The molecule has 0 spiro atoms. The summed E-state index contributed by atoms with van der Waals surface area (Å²) in [7, 11) is 2.05. The van der Waals surface area contributed by atoms with Gasteiger partial charge in [0.1, 0.15) is 0 Å². The number of rotatable bonds is 3. The molecular formula is C14H28N2O. The van der Waals surface area contributed by atoms with Crippen LogP contribution in [-0.4, -0.2) is 48.3 Å². The van der Waals surface area contributed by atoms with Gasteiger partial charge in [0.25, 0.3) is 0 Å². The van der Waals surface area contributed by atoms with Crippen molar-refractivity contribution in [3.8, 4) is 0 Å². The molecule has 3 nitrogen and oxygen atoms in total. The molecule has 2 aliphatic rings. The lowest BCUT2D eigenvalue weighted by Crippen LogP contribution is -2.50. The number of nitrogens with one attached hydrogen (secondary N) is 1. The smallest absolute Gasteiger partial charge is 0.0789 e. The van der Waals surface area contributed by atoms with E-state index in [0.29, 0.717) is 12.1 Å². The van der Waals surface area contributed by atoms with Crippen LogP contribution in [0.2, 0.25) is 0 Å². The van der Waals surface area contributed by atoms with Crippen LogP contribution >= 0.6 is 0 Å². The van der Waals surface area contributed by atoms with Gasteiger partial charge in [-0.3, -0.25) is 4.90 Å². The van der Waals surface area contributed by atoms with Crippen molar-refractivity contribution in [3.05, 3.63) is 0 Å². The molecule has 0 amide bonds. The molecule has 2 saturated heterocycles. The van der Waals surface area contributed by atoms with Crippen molar-refractivity contribution in [3.63, 3.8) is 0 Å². The highest BCUT2D eigenvalue weighted by atomic mass is 16.5. The van der Waals surface area contributed by atoms with E-state index in [1.165, 1.54) is 19.4 Å². The van der Waals surface area contributed by atoms with Gasteiger partial charge >= 0.3 is 0 Å². The monoisotopic (exact) mass is 240 g/mol. The molecule has 0 aromatic carbocycles. The minimum atomic E-state index is -0.0141. The lowest BCUT2D eigenvalue weighted by atomic mass is 9.92. The maximum atomic E-state index is 6.23. The van der Waals surface area contributed by atoms with E-state index in [-0.39, 0.29) is 11.2 Å². The third-order valence-electron chi connectivity index (χ3n) is 4.29. The second-order valence-corrected chi connectivity index (χ2v) is 6.78. The van der Waals surface area contributed by atoms with Crippen molar-refractivity contribution >= 4 is 0 Å². The first-order chi connectivity index (χ1) is 7.86. The summed E-state index contributed by atoms with van der Waals surface area (Å²) >= 11 is 0. The van der Waals surface area contributed by atoms with Crippen molar-refractivity contribution in [1.82, 2.24) is 10.2 Å². The molecule has 2 fully saturated rings. The summed E-state index contributed by atoms with van der Waals surface area (Å²) in [5.41, 5.74) is 0.0147. The molecule has 0 aromatic heterocycles. The molecule has 3 heteroatoms. The normalized spacial score (nSPS) is 36.5. The van der Waals surface area contributed by atoms with Gasteiger partial charge in [0.2, 0.25) is 0 Å². The van der Waals surface area contributed by atoms with Crippen molar-refractivity contribution in [2.75, 3.05) is 20.1 Å². The van der Waals surface area contributed by atoms with E-state index in [2.05, 4.69) is 45.0 Å². The molecule has 17 heavy (non-hydrogen) atoms. The van der Waals surface area contributed by atoms with Gasteiger partial charge < -0.3 is 10.1 Å². The molecule has 2 heterocycles. The van der Waals surface area contributed by atoms with E-state index in [0.717, 1.165) is 13.0 Å². The van der Waals surface area contributed by atoms with E-state index in [1.807, 2.05) is 0 Å². The van der Waals surface area contributed by atoms with Gasteiger partial charge in [0, 0.05) is 18.6 Å². The molecule has 0 saturated carbocycles. The molecule has 2 aliphatic heterocycles. The number of hydrogen-bond donors (Lipinski definition) is 1. The average molecular weight is 240 g/mol. The van der Waals surface area contributed by atoms with Crippen LogP contribution in [0, 0.1) is 0 Å². The summed E-state index contributed by atoms with van der Waals surface area (Å²) in [6, 6.07) is 1.26. The highest BCUT2D eigenvalue weighted by molar-refractivity contribution is 5.02. The summed E-state index contributed by atoms with van der Waals surface area (Å²) in [6.45, 7) is 11.3. The Morgan fingerprint density at radius 1 is 1.29 bits per heavy atom. The Morgan fingerprint density at radius 2 is 2.00 bits per heavy atom. The lowest BCUT2D eigenvalue weighted by Gasteiger charge is -2.37. The third-order valence-corrected chi connectivity index (χ3v) is 4.29. The van der Waals surface area contributed by atoms with Crippen molar-refractivity contribution in [1.29, 1.82) is 0 Å². The van der Waals surface area contributed by atoms with E-state index in [4.69, 9.17) is 4.74 Å². The van der Waals surface area contributed by atoms with E-state index in [1.54, 1.807) is 0 Å². The zero-order valence-corrected chi connectivity index (χ0v) is 12.0. The Balaban J connectivity index is 2.11. The van der Waals surface area contributed by atoms with E-state index < -0.39 is 0 Å². The highest BCUT2D eigenvalue weighted by Gasteiger charge is 2.50. The molecule has 0 aliphatic carbocycles. The SMILES string of the molecule is CNCC1CCCN1C1CC(C)(C)OC1(C)C. The zero-order valence-electron chi connectivity index (χ0n) is 12.0. The number of likely N-dealkylation sites (N-methyl/N-ethyl adjacent to an activating group) is 1.